The fourth-order valence-corrected chi connectivity index (χ4v) is 2.64. The van der Waals surface area contributed by atoms with Crippen LogP contribution in [0.25, 0.3) is 5.57 Å². The molecule has 0 radical (unpaired) electrons. The van der Waals surface area contributed by atoms with E-state index in [1.807, 2.05) is 12.1 Å². The molecule has 2 aliphatic carbocycles. The molecule has 1 N–H and O–H groups in total. The van der Waals surface area contributed by atoms with Gasteiger partial charge in [-0.05, 0) is 53.7 Å². The van der Waals surface area contributed by atoms with Gasteiger partial charge < -0.3 is 5.11 Å². The Bertz CT molecular complexity index is 477. The molecule has 84 valence electrons. The molecule has 0 saturated heterocycles. The Hall–Kier alpha value is -1.28. The van der Waals surface area contributed by atoms with Crippen molar-refractivity contribution in [1.82, 2.24) is 0 Å². The number of rotatable bonds is 0. The number of ketones is 1. The van der Waals surface area contributed by atoms with Gasteiger partial charge in [-0.3, -0.25) is 4.79 Å². The van der Waals surface area contributed by atoms with E-state index in [0.29, 0.717) is 18.1 Å². The lowest BCUT2D eigenvalue weighted by Crippen LogP contribution is -2.09. The summed E-state index contributed by atoms with van der Waals surface area (Å²) in [5, 5.41) is 9.40. The molecule has 0 saturated carbocycles. The Labute approximate surface area is 100 Å². The van der Waals surface area contributed by atoms with Crippen LogP contribution in [0.1, 0.15) is 24.0 Å². The van der Waals surface area contributed by atoms with Gasteiger partial charge >= 0.3 is 0 Å². The Balaban J connectivity index is 0.000000963. The van der Waals surface area contributed by atoms with Crippen LogP contribution in [0.5, 0.6) is 5.75 Å². The molecular weight excluding hydrogens is 224 g/mol. The third-order valence-electron chi connectivity index (χ3n) is 3.36. The van der Waals surface area contributed by atoms with Crippen LogP contribution in [-0.2, 0) is 11.2 Å². The zero-order valence-electron chi connectivity index (χ0n) is 8.77. The summed E-state index contributed by atoms with van der Waals surface area (Å²) in [6.45, 7) is 0. The highest BCUT2D eigenvalue weighted by molar-refractivity contribution is 6.00. The van der Waals surface area contributed by atoms with Crippen molar-refractivity contribution < 1.29 is 9.90 Å². The van der Waals surface area contributed by atoms with Gasteiger partial charge in [0.25, 0.3) is 0 Å². The first-order valence-corrected chi connectivity index (χ1v) is 5.31. The van der Waals surface area contributed by atoms with Gasteiger partial charge in [0.1, 0.15) is 5.75 Å². The molecule has 0 aromatic heterocycles. The standard InChI is InChI=1S/C13H12O2.ClH/c14-10-3-4-12-9(6-10)5-8-1-2-11(15)7-13(8)12;/h3-4,6-8,14H,1-2,5H2;1H. The van der Waals surface area contributed by atoms with Gasteiger partial charge in [-0.2, -0.15) is 0 Å². The summed E-state index contributed by atoms with van der Waals surface area (Å²) in [5.74, 6) is 1.06. The monoisotopic (exact) mass is 236 g/mol. The smallest absolute Gasteiger partial charge is 0.156 e. The van der Waals surface area contributed by atoms with Crippen molar-refractivity contribution in [3.8, 4) is 5.75 Å². The van der Waals surface area contributed by atoms with Crippen molar-refractivity contribution in [2.45, 2.75) is 19.3 Å². The SMILES string of the molecule is Cl.O=C1C=C2c3ccc(O)cc3CC2CC1. The first-order valence-electron chi connectivity index (χ1n) is 5.31. The van der Waals surface area contributed by atoms with Gasteiger partial charge in [-0.15, -0.1) is 12.4 Å². The Morgan fingerprint density at radius 3 is 2.94 bits per heavy atom. The van der Waals surface area contributed by atoms with Crippen LogP contribution < -0.4 is 0 Å². The van der Waals surface area contributed by atoms with Gasteiger partial charge in [0.15, 0.2) is 5.78 Å². The van der Waals surface area contributed by atoms with Crippen LogP contribution in [-0.4, -0.2) is 10.9 Å². The number of phenolic OH excluding ortho intramolecular Hbond substituents is 1. The highest BCUT2D eigenvalue weighted by Gasteiger charge is 2.30. The second-order valence-corrected chi connectivity index (χ2v) is 4.35. The van der Waals surface area contributed by atoms with Crippen molar-refractivity contribution in [3.05, 3.63) is 35.4 Å². The van der Waals surface area contributed by atoms with E-state index < -0.39 is 0 Å². The number of allylic oxidation sites excluding steroid dienone is 2. The average molecular weight is 237 g/mol. The van der Waals surface area contributed by atoms with Crippen molar-refractivity contribution in [1.29, 1.82) is 0 Å². The maximum absolute atomic E-state index is 11.4. The van der Waals surface area contributed by atoms with Crippen LogP contribution in [0, 0.1) is 5.92 Å². The summed E-state index contributed by atoms with van der Waals surface area (Å²) in [6, 6.07) is 5.44. The molecule has 16 heavy (non-hydrogen) atoms. The number of halogens is 1. The molecule has 0 heterocycles. The molecule has 2 aliphatic rings. The molecule has 0 bridgehead atoms. The molecule has 0 fully saturated rings. The number of hydrogen-bond acceptors (Lipinski definition) is 2. The summed E-state index contributed by atoms with van der Waals surface area (Å²) in [7, 11) is 0. The molecular formula is C13H13ClO2. The largest absolute Gasteiger partial charge is 0.508 e. The number of benzene rings is 1. The molecule has 1 unspecified atom stereocenters. The third-order valence-corrected chi connectivity index (χ3v) is 3.36. The summed E-state index contributed by atoms with van der Waals surface area (Å²) in [6.07, 6.45) is 4.40. The number of carbonyl (C=O) groups excluding carboxylic acids is 1. The minimum Gasteiger partial charge on any atom is -0.508 e. The van der Waals surface area contributed by atoms with Crippen LogP contribution in [0.15, 0.2) is 24.3 Å². The van der Waals surface area contributed by atoms with Crippen LogP contribution in [0.3, 0.4) is 0 Å². The van der Waals surface area contributed by atoms with Crippen LogP contribution in [0.4, 0.5) is 0 Å². The maximum atomic E-state index is 11.4. The molecule has 0 spiro atoms. The minimum absolute atomic E-state index is 0. The van der Waals surface area contributed by atoms with E-state index in [1.54, 1.807) is 12.1 Å². The van der Waals surface area contributed by atoms with E-state index in [2.05, 4.69) is 0 Å². The molecule has 1 aromatic rings. The molecule has 3 rings (SSSR count). The molecule has 0 amide bonds. The summed E-state index contributed by atoms with van der Waals surface area (Å²) < 4.78 is 0. The summed E-state index contributed by atoms with van der Waals surface area (Å²) in [4.78, 5) is 11.4. The number of hydrogen-bond donors (Lipinski definition) is 1. The predicted octanol–water partition coefficient (Wildman–Crippen LogP) is 2.73. The van der Waals surface area contributed by atoms with E-state index in [0.717, 1.165) is 18.4 Å². The highest BCUT2D eigenvalue weighted by Crippen LogP contribution is 2.42. The quantitative estimate of drug-likeness (QED) is 0.752. The van der Waals surface area contributed by atoms with Crippen LogP contribution in [0.2, 0.25) is 0 Å². The lowest BCUT2D eigenvalue weighted by atomic mass is 9.88. The Kier molecular flexibility index (Phi) is 2.76. The number of phenols is 1. The fourth-order valence-electron chi connectivity index (χ4n) is 2.64. The van der Waals surface area contributed by atoms with Crippen molar-refractivity contribution in [2.24, 2.45) is 5.92 Å². The van der Waals surface area contributed by atoms with Gasteiger partial charge in [-0.25, -0.2) is 0 Å². The van der Waals surface area contributed by atoms with E-state index >= 15 is 0 Å². The first kappa shape index (κ1) is 11.2. The van der Waals surface area contributed by atoms with E-state index in [4.69, 9.17) is 0 Å². The maximum Gasteiger partial charge on any atom is 0.156 e. The predicted molar refractivity (Wildman–Crippen MR) is 64.8 cm³/mol. The van der Waals surface area contributed by atoms with Crippen molar-refractivity contribution >= 4 is 23.8 Å². The van der Waals surface area contributed by atoms with Crippen molar-refractivity contribution in [2.75, 3.05) is 0 Å². The van der Waals surface area contributed by atoms with Crippen LogP contribution >= 0.6 is 12.4 Å². The molecule has 0 aliphatic heterocycles. The zero-order chi connectivity index (χ0) is 10.4. The molecule has 2 nitrogen and oxygen atoms in total. The lowest BCUT2D eigenvalue weighted by Gasteiger charge is -2.15. The van der Waals surface area contributed by atoms with E-state index in [9.17, 15) is 9.90 Å². The summed E-state index contributed by atoms with van der Waals surface area (Å²) >= 11 is 0. The third kappa shape index (κ3) is 1.63. The highest BCUT2D eigenvalue weighted by atomic mass is 35.5. The number of aromatic hydroxyl groups is 1. The lowest BCUT2D eigenvalue weighted by molar-refractivity contribution is -0.115. The number of fused-ring (bicyclic) bond motifs is 3. The average Bonchev–Trinajstić information content (AvgIpc) is 2.54. The minimum atomic E-state index is 0. The van der Waals surface area contributed by atoms with Crippen molar-refractivity contribution in [3.63, 3.8) is 0 Å². The van der Waals surface area contributed by atoms with E-state index in [-0.39, 0.29) is 18.2 Å². The second kappa shape index (κ2) is 3.95. The summed E-state index contributed by atoms with van der Waals surface area (Å²) in [5.41, 5.74) is 3.52. The van der Waals surface area contributed by atoms with Gasteiger partial charge in [0.2, 0.25) is 0 Å². The first-order chi connectivity index (χ1) is 7.24. The molecule has 3 heteroatoms. The molecule has 1 atom stereocenters. The van der Waals surface area contributed by atoms with Gasteiger partial charge in [0.05, 0.1) is 0 Å². The molecule has 1 aromatic carbocycles. The fraction of sp³-hybridized carbons (Fsp3) is 0.308. The Morgan fingerprint density at radius 2 is 2.12 bits per heavy atom. The van der Waals surface area contributed by atoms with Gasteiger partial charge in [0, 0.05) is 6.42 Å². The normalized spacial score (nSPS) is 21.9. The second-order valence-electron chi connectivity index (χ2n) is 4.35. The van der Waals surface area contributed by atoms with Gasteiger partial charge in [-0.1, -0.05) is 6.07 Å². The topological polar surface area (TPSA) is 37.3 Å². The Morgan fingerprint density at radius 1 is 1.31 bits per heavy atom. The zero-order valence-corrected chi connectivity index (χ0v) is 9.59. The number of carbonyl (C=O) groups is 1. The van der Waals surface area contributed by atoms with E-state index in [1.165, 1.54) is 11.1 Å².